The van der Waals surface area contributed by atoms with Gasteiger partial charge < -0.3 is 5.73 Å². The zero-order chi connectivity index (χ0) is 15.9. The number of hydrogen-bond acceptors (Lipinski definition) is 2. The van der Waals surface area contributed by atoms with Crippen LogP contribution in [-0.4, -0.2) is 6.04 Å². The number of nitrogens with two attached hydrogens (primary N) is 1. The highest BCUT2D eigenvalue weighted by Gasteiger charge is 2.15. The molecule has 0 radical (unpaired) electrons. The summed E-state index contributed by atoms with van der Waals surface area (Å²) in [6.07, 6.45) is 5.87. The second-order valence-corrected chi connectivity index (χ2v) is 7.55. The van der Waals surface area contributed by atoms with Gasteiger partial charge in [0, 0.05) is 15.8 Å². The first-order valence-corrected chi connectivity index (χ1v) is 9.37. The fraction of sp³-hybridized carbons (Fsp3) is 0.500. The van der Waals surface area contributed by atoms with Gasteiger partial charge in [-0.05, 0) is 55.4 Å². The Morgan fingerprint density at radius 1 is 1.00 bits per heavy atom. The molecular formula is C20H29NS. The summed E-state index contributed by atoms with van der Waals surface area (Å²) in [5.41, 5.74) is 9.07. The van der Waals surface area contributed by atoms with Gasteiger partial charge in [0.05, 0.1) is 0 Å². The maximum atomic E-state index is 6.31. The van der Waals surface area contributed by atoms with Gasteiger partial charge in [-0.25, -0.2) is 0 Å². The normalized spacial score (nSPS) is 14.0. The Bertz CT molecular complexity index is 555. The fourth-order valence-electron chi connectivity index (χ4n) is 3.07. The minimum atomic E-state index is 0.364. The zero-order valence-corrected chi connectivity index (χ0v) is 15.0. The first kappa shape index (κ1) is 17.2. The lowest BCUT2D eigenvalue weighted by molar-refractivity contribution is 0.363. The first-order chi connectivity index (χ1) is 10.6. The summed E-state index contributed by atoms with van der Waals surface area (Å²) in [6, 6.07) is 13.8. The number of rotatable bonds is 8. The SMILES string of the molecule is CCCC(N)C(CC)CCc1ccc(-c2ccc(C)s2)cc1. The fourth-order valence-corrected chi connectivity index (χ4v) is 3.94. The second kappa shape index (κ2) is 8.50. The van der Waals surface area contributed by atoms with Gasteiger partial charge in [0.15, 0.2) is 0 Å². The predicted molar refractivity (Wildman–Crippen MR) is 99.5 cm³/mol. The third-order valence-corrected chi connectivity index (χ3v) is 5.58. The minimum Gasteiger partial charge on any atom is -0.327 e. The molecule has 2 unspecified atom stereocenters. The quantitative estimate of drug-likeness (QED) is 0.653. The van der Waals surface area contributed by atoms with Crippen molar-refractivity contribution in [1.82, 2.24) is 0 Å². The Labute approximate surface area is 139 Å². The van der Waals surface area contributed by atoms with Crippen LogP contribution < -0.4 is 5.73 Å². The first-order valence-electron chi connectivity index (χ1n) is 8.55. The molecule has 0 saturated heterocycles. The van der Waals surface area contributed by atoms with Gasteiger partial charge in [-0.3, -0.25) is 0 Å². The van der Waals surface area contributed by atoms with Crippen molar-refractivity contribution in [2.75, 3.05) is 0 Å². The Morgan fingerprint density at radius 2 is 1.73 bits per heavy atom. The molecule has 0 aliphatic heterocycles. The monoisotopic (exact) mass is 315 g/mol. The van der Waals surface area contributed by atoms with Crippen molar-refractivity contribution >= 4 is 11.3 Å². The van der Waals surface area contributed by atoms with Gasteiger partial charge in [0.2, 0.25) is 0 Å². The smallest absolute Gasteiger partial charge is 0.0345 e. The van der Waals surface area contributed by atoms with Crippen LogP contribution in [0.3, 0.4) is 0 Å². The molecule has 2 atom stereocenters. The van der Waals surface area contributed by atoms with E-state index in [2.05, 4.69) is 57.2 Å². The summed E-state index contributed by atoms with van der Waals surface area (Å²) in [5, 5.41) is 0. The van der Waals surface area contributed by atoms with Crippen molar-refractivity contribution in [3.8, 4) is 10.4 Å². The van der Waals surface area contributed by atoms with Crippen LogP contribution in [0, 0.1) is 12.8 Å². The summed E-state index contributed by atoms with van der Waals surface area (Å²) < 4.78 is 0. The Kier molecular flexibility index (Phi) is 6.66. The van der Waals surface area contributed by atoms with Crippen molar-refractivity contribution < 1.29 is 0 Å². The molecule has 0 fully saturated rings. The molecule has 0 amide bonds. The van der Waals surface area contributed by atoms with E-state index in [1.807, 2.05) is 11.3 Å². The van der Waals surface area contributed by atoms with E-state index in [-0.39, 0.29) is 0 Å². The van der Waals surface area contributed by atoms with E-state index in [1.165, 1.54) is 40.1 Å². The largest absolute Gasteiger partial charge is 0.327 e. The number of hydrogen-bond donors (Lipinski definition) is 1. The summed E-state index contributed by atoms with van der Waals surface area (Å²) >= 11 is 1.86. The van der Waals surface area contributed by atoms with Crippen molar-refractivity contribution in [2.45, 2.75) is 58.9 Å². The molecule has 1 heterocycles. The Hall–Kier alpha value is -1.12. The van der Waals surface area contributed by atoms with Crippen molar-refractivity contribution in [3.05, 3.63) is 46.8 Å². The van der Waals surface area contributed by atoms with Crippen molar-refractivity contribution in [2.24, 2.45) is 11.7 Å². The molecule has 22 heavy (non-hydrogen) atoms. The minimum absolute atomic E-state index is 0.364. The van der Waals surface area contributed by atoms with E-state index in [0.29, 0.717) is 12.0 Å². The second-order valence-electron chi connectivity index (χ2n) is 6.27. The van der Waals surface area contributed by atoms with Crippen LogP contribution in [0.5, 0.6) is 0 Å². The average molecular weight is 316 g/mol. The highest BCUT2D eigenvalue weighted by Crippen LogP contribution is 2.28. The van der Waals surface area contributed by atoms with E-state index in [4.69, 9.17) is 5.73 Å². The maximum Gasteiger partial charge on any atom is 0.0345 e. The summed E-state index contributed by atoms with van der Waals surface area (Å²) in [4.78, 5) is 2.73. The molecule has 1 nitrogen and oxygen atoms in total. The number of thiophene rings is 1. The van der Waals surface area contributed by atoms with Crippen LogP contribution in [0.2, 0.25) is 0 Å². The topological polar surface area (TPSA) is 26.0 Å². The van der Waals surface area contributed by atoms with E-state index in [9.17, 15) is 0 Å². The molecule has 0 aliphatic rings. The van der Waals surface area contributed by atoms with E-state index in [1.54, 1.807) is 0 Å². The molecule has 120 valence electrons. The van der Waals surface area contributed by atoms with Crippen LogP contribution in [-0.2, 0) is 6.42 Å². The van der Waals surface area contributed by atoms with Crippen molar-refractivity contribution in [3.63, 3.8) is 0 Å². The third kappa shape index (κ3) is 4.69. The molecule has 1 aromatic carbocycles. The molecular weight excluding hydrogens is 286 g/mol. The molecule has 2 aromatic rings. The van der Waals surface area contributed by atoms with Crippen LogP contribution in [0.25, 0.3) is 10.4 Å². The molecule has 2 N–H and O–H groups in total. The van der Waals surface area contributed by atoms with Gasteiger partial charge in [-0.2, -0.15) is 0 Å². The third-order valence-electron chi connectivity index (χ3n) is 4.53. The van der Waals surface area contributed by atoms with Crippen LogP contribution >= 0.6 is 11.3 Å². The molecule has 0 saturated carbocycles. The Balaban J connectivity index is 1.93. The highest BCUT2D eigenvalue weighted by molar-refractivity contribution is 7.15. The van der Waals surface area contributed by atoms with Crippen LogP contribution in [0.15, 0.2) is 36.4 Å². The van der Waals surface area contributed by atoms with Gasteiger partial charge in [-0.1, -0.05) is 51.0 Å². The van der Waals surface area contributed by atoms with Gasteiger partial charge in [-0.15, -0.1) is 11.3 Å². The molecule has 2 heteroatoms. The van der Waals surface area contributed by atoms with Crippen LogP contribution in [0.1, 0.15) is 50.0 Å². The Morgan fingerprint density at radius 3 is 2.27 bits per heavy atom. The summed E-state index contributed by atoms with van der Waals surface area (Å²) in [6.45, 7) is 6.65. The lowest BCUT2D eigenvalue weighted by atomic mass is 9.88. The average Bonchev–Trinajstić information content (AvgIpc) is 2.95. The predicted octanol–water partition coefficient (Wildman–Crippen LogP) is 5.81. The molecule has 1 aromatic heterocycles. The highest BCUT2D eigenvalue weighted by atomic mass is 32.1. The van der Waals surface area contributed by atoms with Gasteiger partial charge in [0.1, 0.15) is 0 Å². The maximum absolute atomic E-state index is 6.31. The standard InChI is InChI=1S/C20H29NS/c1-4-6-19(21)17(5-2)11-8-16-9-12-18(13-10-16)20-14-7-15(3)22-20/h7,9-10,12-14,17,19H,4-6,8,11,21H2,1-3H3. The van der Waals surface area contributed by atoms with Gasteiger partial charge >= 0.3 is 0 Å². The number of aryl methyl sites for hydroxylation is 2. The van der Waals surface area contributed by atoms with Gasteiger partial charge in [0.25, 0.3) is 0 Å². The molecule has 0 aliphatic carbocycles. The zero-order valence-electron chi connectivity index (χ0n) is 14.1. The summed E-state index contributed by atoms with van der Waals surface area (Å²) in [5.74, 6) is 0.652. The van der Waals surface area contributed by atoms with Crippen LogP contribution in [0.4, 0.5) is 0 Å². The molecule has 0 spiro atoms. The van der Waals surface area contributed by atoms with E-state index in [0.717, 1.165) is 12.8 Å². The van der Waals surface area contributed by atoms with Crippen molar-refractivity contribution in [1.29, 1.82) is 0 Å². The molecule has 0 bridgehead atoms. The van der Waals surface area contributed by atoms with E-state index < -0.39 is 0 Å². The summed E-state index contributed by atoms with van der Waals surface area (Å²) in [7, 11) is 0. The number of benzene rings is 1. The lowest BCUT2D eigenvalue weighted by Crippen LogP contribution is -2.29. The van der Waals surface area contributed by atoms with E-state index >= 15 is 0 Å². The lowest BCUT2D eigenvalue weighted by Gasteiger charge is -2.22. The molecule has 2 rings (SSSR count).